The summed E-state index contributed by atoms with van der Waals surface area (Å²) < 4.78 is 0. The Morgan fingerprint density at radius 1 is 1.07 bits per heavy atom. The minimum atomic E-state index is -1.23. The standard InChI is InChI=1S/C23H27N3O3/c1-3-10-17(2)24-20(27)16-26-21(28)23(25-22(26)29,19-13-8-5-9-14-19)15-18-11-6-4-7-12-18/h4-9,11-14,17H,3,10,15-16H2,1-2H3,(H,24,27)(H,25,29)/t17-,23-/m0/s1. The summed E-state index contributed by atoms with van der Waals surface area (Å²) in [4.78, 5) is 39.6. The first kappa shape index (κ1) is 20.6. The second-order valence-electron chi connectivity index (χ2n) is 7.51. The van der Waals surface area contributed by atoms with Gasteiger partial charge in [0.25, 0.3) is 5.91 Å². The lowest BCUT2D eigenvalue weighted by molar-refractivity contribution is -0.135. The van der Waals surface area contributed by atoms with Gasteiger partial charge in [0, 0.05) is 12.5 Å². The maximum atomic E-state index is 13.5. The summed E-state index contributed by atoms with van der Waals surface area (Å²) in [5.41, 5.74) is 0.395. The Kier molecular flexibility index (Phi) is 6.32. The molecule has 2 atom stereocenters. The first-order valence-corrected chi connectivity index (χ1v) is 9.99. The van der Waals surface area contributed by atoms with Crippen LogP contribution in [0.2, 0.25) is 0 Å². The van der Waals surface area contributed by atoms with Gasteiger partial charge in [0.1, 0.15) is 6.54 Å². The highest BCUT2D eigenvalue weighted by molar-refractivity contribution is 6.09. The van der Waals surface area contributed by atoms with Crippen molar-refractivity contribution in [2.75, 3.05) is 6.54 Å². The first-order chi connectivity index (χ1) is 14.0. The van der Waals surface area contributed by atoms with Gasteiger partial charge in [-0.05, 0) is 24.5 Å². The van der Waals surface area contributed by atoms with Crippen LogP contribution in [0.25, 0.3) is 0 Å². The molecule has 3 rings (SSSR count). The van der Waals surface area contributed by atoms with E-state index in [-0.39, 0.29) is 18.5 Å². The fourth-order valence-corrected chi connectivity index (χ4v) is 3.78. The molecule has 2 N–H and O–H groups in total. The molecule has 0 aromatic heterocycles. The van der Waals surface area contributed by atoms with Crippen molar-refractivity contribution in [3.63, 3.8) is 0 Å². The largest absolute Gasteiger partial charge is 0.352 e. The van der Waals surface area contributed by atoms with Crippen LogP contribution in [0, 0.1) is 0 Å². The van der Waals surface area contributed by atoms with Gasteiger partial charge in [0.05, 0.1) is 0 Å². The average molecular weight is 393 g/mol. The van der Waals surface area contributed by atoms with Gasteiger partial charge in [-0.3, -0.25) is 14.5 Å². The molecule has 0 bridgehead atoms. The van der Waals surface area contributed by atoms with Crippen LogP contribution in [0.4, 0.5) is 4.79 Å². The van der Waals surface area contributed by atoms with Crippen LogP contribution >= 0.6 is 0 Å². The molecule has 2 aromatic rings. The normalized spacial score (nSPS) is 19.7. The van der Waals surface area contributed by atoms with Crippen molar-refractivity contribution in [2.24, 2.45) is 0 Å². The van der Waals surface area contributed by atoms with E-state index in [2.05, 4.69) is 10.6 Å². The van der Waals surface area contributed by atoms with Crippen LogP contribution < -0.4 is 10.6 Å². The van der Waals surface area contributed by atoms with Crippen molar-refractivity contribution in [2.45, 2.75) is 44.7 Å². The lowest BCUT2D eigenvalue weighted by atomic mass is 9.83. The lowest BCUT2D eigenvalue weighted by Crippen LogP contribution is -2.47. The summed E-state index contributed by atoms with van der Waals surface area (Å²) in [6.07, 6.45) is 2.10. The van der Waals surface area contributed by atoms with Gasteiger partial charge < -0.3 is 10.6 Å². The molecule has 29 heavy (non-hydrogen) atoms. The first-order valence-electron chi connectivity index (χ1n) is 9.99. The van der Waals surface area contributed by atoms with Gasteiger partial charge in [-0.15, -0.1) is 0 Å². The van der Waals surface area contributed by atoms with E-state index >= 15 is 0 Å². The topological polar surface area (TPSA) is 78.5 Å². The van der Waals surface area contributed by atoms with E-state index in [1.54, 1.807) is 0 Å². The highest BCUT2D eigenvalue weighted by Crippen LogP contribution is 2.32. The summed E-state index contributed by atoms with van der Waals surface area (Å²) >= 11 is 0. The summed E-state index contributed by atoms with van der Waals surface area (Å²) in [6.45, 7) is 3.66. The summed E-state index contributed by atoms with van der Waals surface area (Å²) in [7, 11) is 0. The molecule has 1 saturated heterocycles. The molecular weight excluding hydrogens is 366 g/mol. The number of urea groups is 1. The smallest absolute Gasteiger partial charge is 0.325 e. The Morgan fingerprint density at radius 2 is 1.69 bits per heavy atom. The quantitative estimate of drug-likeness (QED) is 0.677. The number of rotatable bonds is 8. The molecule has 0 radical (unpaired) electrons. The molecule has 1 aliphatic rings. The van der Waals surface area contributed by atoms with Crippen LogP contribution in [0.3, 0.4) is 0 Å². The number of amides is 4. The number of carbonyl (C=O) groups excluding carboxylic acids is 3. The number of nitrogens with one attached hydrogen (secondary N) is 2. The minimum Gasteiger partial charge on any atom is -0.352 e. The Labute approximate surface area is 171 Å². The number of imide groups is 1. The molecule has 1 fully saturated rings. The van der Waals surface area contributed by atoms with Crippen molar-refractivity contribution in [3.05, 3.63) is 71.8 Å². The molecule has 0 aliphatic carbocycles. The molecule has 0 spiro atoms. The Bertz CT molecular complexity index is 869. The molecule has 2 aromatic carbocycles. The lowest BCUT2D eigenvalue weighted by Gasteiger charge is -2.27. The summed E-state index contributed by atoms with van der Waals surface area (Å²) in [5.74, 6) is -0.742. The zero-order valence-corrected chi connectivity index (χ0v) is 16.9. The molecule has 1 heterocycles. The van der Waals surface area contributed by atoms with E-state index in [4.69, 9.17) is 0 Å². The highest BCUT2D eigenvalue weighted by atomic mass is 16.2. The van der Waals surface area contributed by atoms with Crippen LogP contribution in [0.1, 0.15) is 37.8 Å². The molecule has 0 saturated carbocycles. The molecule has 0 unspecified atom stereocenters. The molecular formula is C23H27N3O3. The van der Waals surface area contributed by atoms with Crippen molar-refractivity contribution in [1.29, 1.82) is 0 Å². The summed E-state index contributed by atoms with van der Waals surface area (Å²) in [5, 5.41) is 5.73. The van der Waals surface area contributed by atoms with E-state index in [9.17, 15) is 14.4 Å². The van der Waals surface area contributed by atoms with Crippen molar-refractivity contribution < 1.29 is 14.4 Å². The minimum absolute atomic E-state index is 0.00327. The maximum Gasteiger partial charge on any atom is 0.325 e. The zero-order chi connectivity index (χ0) is 20.9. The van der Waals surface area contributed by atoms with Gasteiger partial charge >= 0.3 is 6.03 Å². The molecule has 4 amide bonds. The number of hydrogen-bond acceptors (Lipinski definition) is 3. The Balaban J connectivity index is 1.87. The maximum absolute atomic E-state index is 13.5. The van der Waals surface area contributed by atoms with E-state index in [1.807, 2.05) is 74.5 Å². The average Bonchev–Trinajstić information content (AvgIpc) is 2.94. The third-order valence-electron chi connectivity index (χ3n) is 5.19. The predicted molar refractivity (Wildman–Crippen MR) is 111 cm³/mol. The molecule has 6 nitrogen and oxygen atoms in total. The van der Waals surface area contributed by atoms with Gasteiger partial charge in [0.2, 0.25) is 5.91 Å². The SMILES string of the molecule is CCC[C@H](C)NC(=O)CN1C(=O)N[C@@](Cc2ccccc2)(c2ccccc2)C1=O. The van der Waals surface area contributed by atoms with Crippen molar-refractivity contribution in [3.8, 4) is 0 Å². The van der Waals surface area contributed by atoms with Crippen LogP contribution in [-0.4, -0.2) is 35.3 Å². The van der Waals surface area contributed by atoms with Gasteiger partial charge in [-0.1, -0.05) is 74.0 Å². The van der Waals surface area contributed by atoms with E-state index in [1.165, 1.54) is 0 Å². The summed E-state index contributed by atoms with van der Waals surface area (Å²) in [6, 6.07) is 18.2. The fraction of sp³-hybridized carbons (Fsp3) is 0.348. The second-order valence-corrected chi connectivity index (χ2v) is 7.51. The van der Waals surface area contributed by atoms with Crippen LogP contribution in [-0.2, 0) is 21.5 Å². The molecule has 152 valence electrons. The van der Waals surface area contributed by atoms with E-state index in [0.29, 0.717) is 12.0 Å². The Hall–Kier alpha value is -3.15. The van der Waals surface area contributed by atoms with Crippen molar-refractivity contribution in [1.82, 2.24) is 15.5 Å². The Morgan fingerprint density at radius 3 is 2.31 bits per heavy atom. The van der Waals surface area contributed by atoms with Crippen LogP contribution in [0.5, 0.6) is 0 Å². The van der Waals surface area contributed by atoms with Crippen LogP contribution in [0.15, 0.2) is 60.7 Å². The second kappa shape index (κ2) is 8.90. The van der Waals surface area contributed by atoms with Gasteiger partial charge in [0.15, 0.2) is 5.54 Å². The van der Waals surface area contributed by atoms with Crippen molar-refractivity contribution >= 4 is 17.8 Å². The monoisotopic (exact) mass is 393 g/mol. The third kappa shape index (κ3) is 4.47. The number of benzene rings is 2. The van der Waals surface area contributed by atoms with E-state index < -0.39 is 17.5 Å². The molecule has 6 heteroatoms. The third-order valence-corrected chi connectivity index (χ3v) is 5.19. The highest BCUT2D eigenvalue weighted by Gasteiger charge is 2.52. The van der Waals surface area contributed by atoms with Gasteiger partial charge in [-0.2, -0.15) is 0 Å². The fourth-order valence-electron chi connectivity index (χ4n) is 3.78. The predicted octanol–water partition coefficient (Wildman–Crippen LogP) is 2.98. The van der Waals surface area contributed by atoms with E-state index in [0.717, 1.165) is 23.3 Å². The number of nitrogens with zero attached hydrogens (tertiary/aromatic N) is 1. The van der Waals surface area contributed by atoms with Gasteiger partial charge in [-0.25, -0.2) is 4.79 Å². The molecule has 1 aliphatic heterocycles. The number of hydrogen-bond donors (Lipinski definition) is 2. The number of carbonyl (C=O) groups is 3. The zero-order valence-electron chi connectivity index (χ0n) is 16.9.